The molecule has 7 heteroatoms. The van der Waals surface area contributed by atoms with Crippen LogP contribution in [0.5, 0.6) is 0 Å². The van der Waals surface area contributed by atoms with Gasteiger partial charge in [0.1, 0.15) is 11.5 Å². The number of aromatic amines is 1. The molecule has 2 heterocycles. The van der Waals surface area contributed by atoms with Crippen LogP contribution in [0.3, 0.4) is 0 Å². The third-order valence-corrected chi connectivity index (χ3v) is 4.64. The molecule has 0 spiro atoms. The predicted octanol–water partition coefficient (Wildman–Crippen LogP) is 2.63. The fraction of sp³-hybridized carbons (Fsp3) is 0.375. The highest BCUT2D eigenvalue weighted by Gasteiger charge is 2.33. The monoisotopic (exact) mass is 336 g/mol. The first-order chi connectivity index (χ1) is 11.1. The molecular formula is C16H18ClFN4O. The molecule has 2 N–H and O–H groups in total. The van der Waals surface area contributed by atoms with Crippen molar-refractivity contribution in [3.05, 3.63) is 52.6 Å². The zero-order valence-corrected chi connectivity index (χ0v) is 13.5. The topological polar surface area (TPSA) is 61.0 Å². The highest BCUT2D eigenvalue weighted by atomic mass is 35.5. The molecule has 2 atom stereocenters. The summed E-state index contributed by atoms with van der Waals surface area (Å²) in [5, 5.41) is 9.45. The maximum Gasteiger partial charge on any atom is 0.269 e. The van der Waals surface area contributed by atoms with Gasteiger partial charge in [-0.25, -0.2) is 4.39 Å². The molecule has 1 aliphatic rings. The van der Waals surface area contributed by atoms with Crippen LogP contribution in [0.1, 0.15) is 28.5 Å². The lowest BCUT2D eigenvalue weighted by Crippen LogP contribution is -2.32. The molecule has 5 nitrogen and oxygen atoms in total. The summed E-state index contributed by atoms with van der Waals surface area (Å²) in [6.45, 7) is 1.43. The second-order valence-corrected chi connectivity index (χ2v) is 6.24. The Labute approximate surface area is 138 Å². The summed E-state index contributed by atoms with van der Waals surface area (Å²) in [5.74, 6) is -0.379. The first kappa shape index (κ1) is 16.0. The van der Waals surface area contributed by atoms with E-state index >= 15 is 0 Å². The smallest absolute Gasteiger partial charge is 0.269 e. The molecule has 0 radical (unpaired) electrons. The van der Waals surface area contributed by atoms with Crippen molar-refractivity contribution >= 4 is 17.5 Å². The number of H-pyrrole nitrogens is 1. The van der Waals surface area contributed by atoms with Crippen molar-refractivity contribution in [2.75, 3.05) is 20.1 Å². The second-order valence-electron chi connectivity index (χ2n) is 5.83. The van der Waals surface area contributed by atoms with Crippen LogP contribution in [0.2, 0.25) is 5.02 Å². The molecule has 3 rings (SSSR count). The largest absolute Gasteiger partial charge is 0.350 e. The van der Waals surface area contributed by atoms with Gasteiger partial charge in [-0.1, -0.05) is 17.7 Å². The van der Waals surface area contributed by atoms with Crippen LogP contribution >= 0.6 is 11.6 Å². The summed E-state index contributed by atoms with van der Waals surface area (Å²) in [6.07, 6.45) is 2.48. The maximum absolute atomic E-state index is 13.8. The summed E-state index contributed by atoms with van der Waals surface area (Å²) in [7, 11) is 2.01. The lowest BCUT2D eigenvalue weighted by molar-refractivity contribution is 0.0938. The third-order valence-electron chi connectivity index (χ3n) is 4.33. The zero-order chi connectivity index (χ0) is 16.4. The minimum atomic E-state index is -0.412. The minimum absolute atomic E-state index is 0.0591. The standard InChI is InChI=1S/C16H18ClFN4O/c1-22-7-5-11(9-19-16(23)14-4-6-20-21-14)15(22)10-2-3-12(17)13(18)8-10/h2-4,6,8,11,15H,5,7,9H2,1H3,(H,19,23)(H,20,21)/t11-,15+/m1/s1. The van der Waals surface area contributed by atoms with Crippen LogP contribution < -0.4 is 5.32 Å². The number of nitrogens with one attached hydrogen (secondary N) is 2. The van der Waals surface area contributed by atoms with E-state index in [4.69, 9.17) is 11.6 Å². The molecule has 1 aromatic heterocycles. The number of carbonyl (C=O) groups is 1. The van der Waals surface area contributed by atoms with Crippen LogP contribution in [-0.2, 0) is 0 Å². The molecule has 0 unspecified atom stereocenters. The van der Waals surface area contributed by atoms with E-state index in [1.54, 1.807) is 12.1 Å². The Bertz CT molecular complexity index is 691. The number of carbonyl (C=O) groups excluding carboxylic acids is 1. The molecule has 2 aromatic rings. The quantitative estimate of drug-likeness (QED) is 0.902. The normalized spacial score (nSPS) is 21.5. The summed E-state index contributed by atoms with van der Waals surface area (Å²) >= 11 is 5.76. The van der Waals surface area contributed by atoms with Crippen LogP contribution in [-0.4, -0.2) is 41.1 Å². The van der Waals surface area contributed by atoms with Gasteiger partial charge in [0, 0.05) is 18.8 Å². The zero-order valence-electron chi connectivity index (χ0n) is 12.7. The minimum Gasteiger partial charge on any atom is -0.350 e. The van der Waals surface area contributed by atoms with E-state index in [-0.39, 0.29) is 22.9 Å². The first-order valence-corrected chi connectivity index (χ1v) is 7.87. The van der Waals surface area contributed by atoms with Gasteiger partial charge in [-0.2, -0.15) is 5.10 Å². The van der Waals surface area contributed by atoms with Crippen molar-refractivity contribution in [2.45, 2.75) is 12.5 Å². The van der Waals surface area contributed by atoms with Crippen LogP contribution in [0.25, 0.3) is 0 Å². The van der Waals surface area contributed by atoms with Gasteiger partial charge in [0.2, 0.25) is 0 Å². The number of hydrogen-bond acceptors (Lipinski definition) is 3. The molecule has 0 bridgehead atoms. The molecule has 0 saturated carbocycles. The number of hydrogen-bond donors (Lipinski definition) is 2. The van der Waals surface area contributed by atoms with Crippen molar-refractivity contribution < 1.29 is 9.18 Å². The lowest BCUT2D eigenvalue weighted by atomic mass is 9.93. The van der Waals surface area contributed by atoms with E-state index in [9.17, 15) is 9.18 Å². The number of nitrogens with zero attached hydrogens (tertiary/aromatic N) is 2. The van der Waals surface area contributed by atoms with Crippen molar-refractivity contribution in [3.63, 3.8) is 0 Å². The molecule has 1 saturated heterocycles. The maximum atomic E-state index is 13.8. The Kier molecular flexibility index (Phi) is 4.63. The van der Waals surface area contributed by atoms with Crippen LogP contribution in [0.4, 0.5) is 4.39 Å². The molecule has 1 aromatic carbocycles. The summed E-state index contributed by atoms with van der Waals surface area (Å²) in [5.41, 5.74) is 1.32. The molecular weight excluding hydrogens is 319 g/mol. The third kappa shape index (κ3) is 3.38. The molecule has 1 amide bonds. The van der Waals surface area contributed by atoms with E-state index < -0.39 is 5.82 Å². The van der Waals surface area contributed by atoms with E-state index in [1.807, 2.05) is 13.1 Å². The van der Waals surface area contributed by atoms with Gasteiger partial charge in [-0.05, 0) is 49.7 Å². The molecule has 1 fully saturated rings. The summed E-state index contributed by atoms with van der Waals surface area (Å²) in [4.78, 5) is 14.2. The van der Waals surface area contributed by atoms with Crippen molar-refractivity contribution in [3.8, 4) is 0 Å². The SMILES string of the molecule is CN1CC[C@H](CNC(=O)c2ccn[nH]2)[C@@H]1c1ccc(Cl)c(F)c1. The average Bonchev–Trinajstić information content (AvgIpc) is 3.18. The highest BCUT2D eigenvalue weighted by molar-refractivity contribution is 6.30. The van der Waals surface area contributed by atoms with Gasteiger partial charge in [0.05, 0.1) is 5.02 Å². The fourth-order valence-corrected chi connectivity index (χ4v) is 3.28. The Hall–Kier alpha value is -1.92. The van der Waals surface area contributed by atoms with Gasteiger partial charge in [-0.3, -0.25) is 14.8 Å². The van der Waals surface area contributed by atoms with Crippen LogP contribution in [0.15, 0.2) is 30.5 Å². The number of rotatable bonds is 4. The number of halogens is 2. The van der Waals surface area contributed by atoms with E-state index in [0.717, 1.165) is 18.5 Å². The molecule has 122 valence electrons. The van der Waals surface area contributed by atoms with Crippen molar-refractivity contribution in [2.24, 2.45) is 5.92 Å². The van der Waals surface area contributed by atoms with E-state index in [2.05, 4.69) is 20.4 Å². The number of amides is 1. The van der Waals surface area contributed by atoms with Gasteiger partial charge < -0.3 is 5.32 Å². The molecule has 1 aliphatic heterocycles. The highest BCUT2D eigenvalue weighted by Crippen LogP contribution is 2.36. The Morgan fingerprint density at radius 3 is 3.04 bits per heavy atom. The lowest BCUT2D eigenvalue weighted by Gasteiger charge is -2.26. The van der Waals surface area contributed by atoms with Gasteiger partial charge in [-0.15, -0.1) is 0 Å². The van der Waals surface area contributed by atoms with E-state index in [1.165, 1.54) is 12.3 Å². The Balaban J connectivity index is 1.71. The van der Waals surface area contributed by atoms with E-state index in [0.29, 0.717) is 12.2 Å². The Morgan fingerprint density at radius 1 is 1.52 bits per heavy atom. The number of benzene rings is 1. The molecule has 0 aliphatic carbocycles. The summed E-state index contributed by atoms with van der Waals surface area (Å²) in [6, 6.07) is 6.60. The predicted molar refractivity (Wildman–Crippen MR) is 85.8 cm³/mol. The van der Waals surface area contributed by atoms with Gasteiger partial charge in [0.25, 0.3) is 5.91 Å². The van der Waals surface area contributed by atoms with Crippen molar-refractivity contribution in [1.29, 1.82) is 0 Å². The number of likely N-dealkylation sites (tertiary alicyclic amines) is 1. The first-order valence-electron chi connectivity index (χ1n) is 7.49. The van der Waals surface area contributed by atoms with Crippen molar-refractivity contribution in [1.82, 2.24) is 20.4 Å². The number of aromatic nitrogens is 2. The Morgan fingerprint density at radius 2 is 2.35 bits per heavy atom. The van der Waals surface area contributed by atoms with Crippen LogP contribution in [0, 0.1) is 11.7 Å². The fourth-order valence-electron chi connectivity index (χ4n) is 3.16. The van der Waals surface area contributed by atoms with Gasteiger partial charge >= 0.3 is 0 Å². The summed E-state index contributed by atoms with van der Waals surface area (Å²) < 4.78 is 13.8. The molecule has 23 heavy (non-hydrogen) atoms. The second kappa shape index (κ2) is 6.68. The van der Waals surface area contributed by atoms with Gasteiger partial charge in [0.15, 0.2) is 0 Å². The average molecular weight is 337 g/mol.